The van der Waals surface area contributed by atoms with Crippen LogP contribution in [0.5, 0.6) is 0 Å². The Kier molecular flexibility index (Phi) is 9.43. The Morgan fingerprint density at radius 3 is 2.21 bits per heavy atom. The fraction of sp³-hybridized carbons (Fsp3) is 0.364. The van der Waals surface area contributed by atoms with Gasteiger partial charge in [0.25, 0.3) is 0 Å². The molecule has 0 saturated carbocycles. The summed E-state index contributed by atoms with van der Waals surface area (Å²) in [5.41, 5.74) is 1.36. The number of likely N-dealkylation sites (N-methyl/N-ethyl adjacent to an activating group) is 1. The summed E-state index contributed by atoms with van der Waals surface area (Å²) in [5.74, 6) is -0.981. The van der Waals surface area contributed by atoms with Crippen molar-refractivity contribution in [2.24, 2.45) is 0 Å². The second kappa shape index (κ2) is 11.4. The summed E-state index contributed by atoms with van der Waals surface area (Å²) in [7, 11) is -2.39. The quantitative estimate of drug-likeness (QED) is 0.520. The standard InChI is InChI=1S/C22H26Cl3N3O4S/c1-5-19(22(30)26-3)27(12-16-17(24)7-6-8-18(16)25)21(29)13-28(33(4,31)32)20-11-15(23)10-9-14(20)2/h6-11,19H,5,12-13H2,1-4H3,(H,26,30)/t19-/m1/s1. The van der Waals surface area contributed by atoms with E-state index in [0.717, 1.165) is 10.6 Å². The van der Waals surface area contributed by atoms with E-state index in [4.69, 9.17) is 34.8 Å². The summed E-state index contributed by atoms with van der Waals surface area (Å²) in [5, 5.41) is 3.54. The highest BCUT2D eigenvalue weighted by molar-refractivity contribution is 7.92. The summed E-state index contributed by atoms with van der Waals surface area (Å²) < 4.78 is 26.3. The third kappa shape index (κ3) is 6.76. The number of hydrogen-bond acceptors (Lipinski definition) is 4. The first-order valence-corrected chi connectivity index (χ1v) is 13.1. The molecule has 0 spiro atoms. The number of rotatable bonds is 9. The molecule has 0 aliphatic heterocycles. The second-order valence-electron chi connectivity index (χ2n) is 7.46. The molecule has 11 heteroatoms. The van der Waals surface area contributed by atoms with Crippen LogP contribution in [0.15, 0.2) is 36.4 Å². The lowest BCUT2D eigenvalue weighted by Gasteiger charge is -2.33. The molecule has 0 radical (unpaired) electrons. The van der Waals surface area contributed by atoms with Gasteiger partial charge in [-0.15, -0.1) is 0 Å². The van der Waals surface area contributed by atoms with Crippen LogP contribution < -0.4 is 9.62 Å². The molecule has 180 valence electrons. The summed E-state index contributed by atoms with van der Waals surface area (Å²) >= 11 is 18.7. The number of carbonyl (C=O) groups is 2. The third-order valence-corrected chi connectivity index (χ3v) is 7.21. The Hall–Kier alpha value is -2.00. The van der Waals surface area contributed by atoms with Crippen molar-refractivity contribution in [2.45, 2.75) is 32.9 Å². The zero-order chi connectivity index (χ0) is 24.9. The topological polar surface area (TPSA) is 86.8 Å². The van der Waals surface area contributed by atoms with E-state index < -0.39 is 28.5 Å². The monoisotopic (exact) mass is 533 g/mol. The number of nitrogens with zero attached hydrogens (tertiary/aromatic N) is 2. The third-order valence-electron chi connectivity index (χ3n) is 5.14. The number of hydrogen-bond donors (Lipinski definition) is 1. The molecule has 7 nitrogen and oxygen atoms in total. The van der Waals surface area contributed by atoms with E-state index in [0.29, 0.717) is 32.6 Å². The summed E-state index contributed by atoms with van der Waals surface area (Å²) in [6.07, 6.45) is 1.30. The molecular formula is C22H26Cl3N3O4S. The van der Waals surface area contributed by atoms with Crippen molar-refractivity contribution in [3.8, 4) is 0 Å². The molecule has 0 fully saturated rings. The van der Waals surface area contributed by atoms with Crippen molar-refractivity contribution in [1.82, 2.24) is 10.2 Å². The zero-order valence-corrected chi connectivity index (χ0v) is 21.8. The van der Waals surface area contributed by atoms with Crippen LogP contribution in [-0.4, -0.2) is 51.0 Å². The number of amides is 2. The second-order valence-corrected chi connectivity index (χ2v) is 10.6. The first-order chi connectivity index (χ1) is 15.4. The van der Waals surface area contributed by atoms with Gasteiger partial charge in [-0.25, -0.2) is 8.42 Å². The van der Waals surface area contributed by atoms with Crippen molar-refractivity contribution >= 4 is 62.3 Å². The van der Waals surface area contributed by atoms with Crippen LogP contribution in [0.25, 0.3) is 0 Å². The highest BCUT2D eigenvalue weighted by Gasteiger charge is 2.32. The molecule has 0 unspecified atom stereocenters. The van der Waals surface area contributed by atoms with Gasteiger partial charge < -0.3 is 10.2 Å². The number of aryl methyl sites for hydroxylation is 1. The molecule has 2 aromatic carbocycles. The summed E-state index contributed by atoms with van der Waals surface area (Å²) in [4.78, 5) is 27.4. The van der Waals surface area contributed by atoms with Crippen molar-refractivity contribution in [2.75, 3.05) is 24.2 Å². The molecule has 0 aliphatic rings. The van der Waals surface area contributed by atoms with Crippen LogP contribution in [0.4, 0.5) is 5.69 Å². The Morgan fingerprint density at radius 2 is 1.70 bits per heavy atom. The summed E-state index contributed by atoms with van der Waals surface area (Å²) in [6, 6.07) is 8.85. The van der Waals surface area contributed by atoms with Crippen molar-refractivity contribution < 1.29 is 18.0 Å². The van der Waals surface area contributed by atoms with Gasteiger partial charge in [0, 0.05) is 34.2 Å². The first-order valence-electron chi connectivity index (χ1n) is 10.1. The molecular weight excluding hydrogens is 509 g/mol. The maximum atomic E-state index is 13.5. The number of benzene rings is 2. The van der Waals surface area contributed by atoms with E-state index in [2.05, 4.69) is 5.32 Å². The molecule has 1 atom stereocenters. The van der Waals surface area contributed by atoms with Crippen molar-refractivity contribution in [1.29, 1.82) is 0 Å². The van der Waals surface area contributed by atoms with E-state index >= 15 is 0 Å². The van der Waals surface area contributed by atoms with Gasteiger partial charge in [-0.3, -0.25) is 13.9 Å². The van der Waals surface area contributed by atoms with E-state index in [1.165, 1.54) is 18.0 Å². The van der Waals surface area contributed by atoms with E-state index in [1.807, 2.05) is 0 Å². The van der Waals surface area contributed by atoms with E-state index in [1.54, 1.807) is 44.2 Å². The predicted molar refractivity (Wildman–Crippen MR) is 134 cm³/mol. The van der Waals surface area contributed by atoms with Gasteiger partial charge in [0.05, 0.1) is 11.9 Å². The Balaban J connectivity index is 2.53. The van der Waals surface area contributed by atoms with Gasteiger partial charge in [0.1, 0.15) is 12.6 Å². The number of anilines is 1. The minimum Gasteiger partial charge on any atom is -0.357 e. The average Bonchev–Trinajstić information content (AvgIpc) is 2.74. The Morgan fingerprint density at radius 1 is 1.09 bits per heavy atom. The van der Waals surface area contributed by atoms with Crippen LogP contribution in [0, 0.1) is 6.92 Å². The van der Waals surface area contributed by atoms with Crippen molar-refractivity contribution in [3.63, 3.8) is 0 Å². The fourth-order valence-electron chi connectivity index (χ4n) is 3.39. The molecule has 0 saturated heterocycles. The Labute approximate surface area is 209 Å². The molecule has 0 bridgehead atoms. The largest absolute Gasteiger partial charge is 0.357 e. The number of carbonyl (C=O) groups excluding carboxylic acids is 2. The lowest BCUT2D eigenvalue weighted by Crippen LogP contribution is -2.51. The van der Waals surface area contributed by atoms with Gasteiger partial charge in [0.2, 0.25) is 21.8 Å². The van der Waals surface area contributed by atoms with E-state index in [-0.39, 0.29) is 18.1 Å². The molecule has 0 aromatic heterocycles. The van der Waals surface area contributed by atoms with Gasteiger partial charge in [-0.2, -0.15) is 0 Å². The SMILES string of the molecule is CC[C@H](C(=O)NC)N(Cc1c(Cl)cccc1Cl)C(=O)CN(c1cc(Cl)ccc1C)S(C)(=O)=O. The maximum absolute atomic E-state index is 13.5. The van der Waals surface area contributed by atoms with Crippen LogP contribution in [0.1, 0.15) is 24.5 Å². The van der Waals surface area contributed by atoms with Crippen LogP contribution >= 0.6 is 34.8 Å². The average molecular weight is 535 g/mol. The van der Waals surface area contributed by atoms with Gasteiger partial charge in [-0.05, 0) is 43.2 Å². The number of sulfonamides is 1. The first kappa shape index (κ1) is 27.2. The normalized spacial score (nSPS) is 12.2. The fourth-order valence-corrected chi connectivity index (χ4v) is 4.97. The maximum Gasteiger partial charge on any atom is 0.244 e. The number of halogens is 3. The lowest BCUT2D eigenvalue weighted by molar-refractivity contribution is -0.140. The lowest BCUT2D eigenvalue weighted by atomic mass is 10.1. The number of nitrogens with one attached hydrogen (secondary N) is 1. The van der Waals surface area contributed by atoms with Crippen LogP contribution in [0.2, 0.25) is 15.1 Å². The van der Waals surface area contributed by atoms with E-state index in [9.17, 15) is 18.0 Å². The smallest absolute Gasteiger partial charge is 0.244 e. The molecule has 0 heterocycles. The predicted octanol–water partition coefficient (Wildman–Crippen LogP) is 4.27. The minimum absolute atomic E-state index is 0.0740. The highest BCUT2D eigenvalue weighted by atomic mass is 35.5. The van der Waals surface area contributed by atoms with Gasteiger partial charge in [-0.1, -0.05) is 53.9 Å². The Bertz CT molecular complexity index is 1120. The molecule has 2 aromatic rings. The summed E-state index contributed by atoms with van der Waals surface area (Å²) in [6.45, 7) is 2.86. The molecule has 2 amide bonds. The molecule has 2 rings (SSSR count). The highest BCUT2D eigenvalue weighted by Crippen LogP contribution is 2.29. The van der Waals surface area contributed by atoms with Crippen LogP contribution in [-0.2, 0) is 26.2 Å². The van der Waals surface area contributed by atoms with Gasteiger partial charge >= 0.3 is 0 Å². The molecule has 0 aliphatic carbocycles. The van der Waals surface area contributed by atoms with Gasteiger partial charge in [0.15, 0.2) is 0 Å². The minimum atomic E-state index is -3.86. The van der Waals surface area contributed by atoms with Crippen molar-refractivity contribution in [3.05, 3.63) is 62.6 Å². The molecule has 1 N–H and O–H groups in total. The molecule has 33 heavy (non-hydrogen) atoms. The zero-order valence-electron chi connectivity index (χ0n) is 18.7. The van der Waals surface area contributed by atoms with Crippen LogP contribution in [0.3, 0.4) is 0 Å².